The van der Waals surface area contributed by atoms with E-state index in [1.807, 2.05) is 0 Å². The summed E-state index contributed by atoms with van der Waals surface area (Å²) in [5.74, 6) is 2.98. The summed E-state index contributed by atoms with van der Waals surface area (Å²) < 4.78 is 2.57. The highest BCUT2D eigenvalue weighted by atomic mass is 79.9. The topological polar surface area (TPSA) is 7.12 Å². The minimum Gasteiger partial charge on any atom is -1.00 e. The van der Waals surface area contributed by atoms with Crippen molar-refractivity contribution < 1.29 is 21.5 Å². The van der Waals surface area contributed by atoms with Gasteiger partial charge in [0.05, 0.1) is 5.69 Å². The standard InChI is InChI=1S/C23H29N2.BrH/c1-17-3-5-21(6-4-17)24(2)22-7-9-25(10-8-22)23-14-18-11-19(15-23)13-20(12-18)16-23;/h3-10,18-20H,11-16H2,1-2H3;1H/q+1;/p-1. The molecule has 0 amide bonds. The van der Waals surface area contributed by atoms with Crippen LogP contribution in [0.2, 0.25) is 0 Å². The third-order valence-electron chi connectivity index (χ3n) is 7.17. The Bertz CT molecular complexity index is 731. The SMILES string of the molecule is Cc1ccc(N(C)c2cc[n+](C34CC5CC(CC(C5)C3)C4)cc2)cc1.[Br-]. The first-order valence-electron chi connectivity index (χ1n) is 9.93. The predicted molar refractivity (Wildman–Crippen MR) is 102 cm³/mol. The van der Waals surface area contributed by atoms with Gasteiger partial charge in [0.1, 0.15) is 0 Å². The summed E-state index contributed by atoms with van der Waals surface area (Å²) in [5, 5.41) is 0. The van der Waals surface area contributed by atoms with Crippen LogP contribution in [0, 0.1) is 24.7 Å². The molecular weight excluding hydrogens is 384 g/mol. The Morgan fingerprint density at radius 3 is 1.77 bits per heavy atom. The van der Waals surface area contributed by atoms with Crippen molar-refractivity contribution in [1.29, 1.82) is 0 Å². The molecule has 0 N–H and O–H groups in total. The zero-order valence-corrected chi connectivity index (χ0v) is 17.5. The molecule has 2 nitrogen and oxygen atoms in total. The molecule has 4 saturated carbocycles. The van der Waals surface area contributed by atoms with Gasteiger partial charge in [0.15, 0.2) is 17.9 Å². The fourth-order valence-corrected chi connectivity index (χ4v) is 6.26. The Morgan fingerprint density at radius 1 is 0.808 bits per heavy atom. The summed E-state index contributed by atoms with van der Waals surface area (Å²) in [4.78, 5) is 2.28. The van der Waals surface area contributed by atoms with Gasteiger partial charge in [-0.3, -0.25) is 0 Å². The highest BCUT2D eigenvalue weighted by Gasteiger charge is 2.56. The van der Waals surface area contributed by atoms with Crippen molar-refractivity contribution in [3.8, 4) is 0 Å². The minimum atomic E-state index is 0. The molecule has 1 aromatic heterocycles. The normalized spacial score (nSPS) is 31.5. The Labute approximate surface area is 168 Å². The van der Waals surface area contributed by atoms with E-state index in [0.717, 1.165) is 17.8 Å². The van der Waals surface area contributed by atoms with Gasteiger partial charge < -0.3 is 21.9 Å². The lowest BCUT2D eigenvalue weighted by Crippen LogP contribution is -3.00. The third kappa shape index (κ3) is 2.98. The van der Waals surface area contributed by atoms with Crippen molar-refractivity contribution in [2.45, 2.75) is 51.0 Å². The number of rotatable bonds is 3. The van der Waals surface area contributed by atoms with Gasteiger partial charge in [0, 0.05) is 44.1 Å². The molecule has 0 aliphatic heterocycles. The smallest absolute Gasteiger partial charge is 0.171 e. The van der Waals surface area contributed by atoms with Crippen LogP contribution in [0.15, 0.2) is 48.8 Å². The van der Waals surface area contributed by atoms with E-state index in [4.69, 9.17) is 0 Å². The quantitative estimate of drug-likeness (QED) is 0.699. The van der Waals surface area contributed by atoms with E-state index in [0.29, 0.717) is 5.54 Å². The van der Waals surface area contributed by atoms with Crippen LogP contribution < -0.4 is 26.4 Å². The van der Waals surface area contributed by atoms with E-state index in [-0.39, 0.29) is 17.0 Å². The van der Waals surface area contributed by atoms with Gasteiger partial charge in [0.2, 0.25) is 0 Å². The Kier molecular flexibility index (Phi) is 4.63. The van der Waals surface area contributed by atoms with Crippen LogP contribution in [-0.4, -0.2) is 7.05 Å². The maximum Gasteiger partial charge on any atom is 0.171 e. The monoisotopic (exact) mass is 412 g/mol. The molecule has 2 aromatic rings. The van der Waals surface area contributed by atoms with Crippen LogP contribution in [-0.2, 0) is 5.54 Å². The average Bonchev–Trinajstić information content (AvgIpc) is 2.61. The zero-order chi connectivity index (χ0) is 17.0. The second-order valence-electron chi connectivity index (χ2n) is 9.00. The second kappa shape index (κ2) is 6.67. The Balaban J connectivity index is 0.00000168. The Hall–Kier alpha value is -1.35. The van der Waals surface area contributed by atoms with Gasteiger partial charge in [0.25, 0.3) is 0 Å². The molecule has 0 atom stereocenters. The van der Waals surface area contributed by atoms with E-state index in [2.05, 4.69) is 72.2 Å². The van der Waals surface area contributed by atoms with Crippen LogP contribution in [0.4, 0.5) is 11.4 Å². The first-order valence-corrected chi connectivity index (χ1v) is 9.93. The maximum absolute atomic E-state index is 2.57. The number of aryl methyl sites for hydroxylation is 1. The summed E-state index contributed by atoms with van der Waals surface area (Å²) in [6.07, 6.45) is 13.5. The van der Waals surface area contributed by atoms with Crippen molar-refractivity contribution in [2.24, 2.45) is 17.8 Å². The molecule has 0 radical (unpaired) electrons. The van der Waals surface area contributed by atoms with Gasteiger partial charge in [-0.2, -0.15) is 4.57 Å². The number of anilines is 2. The number of halogens is 1. The molecule has 4 aliphatic rings. The Morgan fingerprint density at radius 2 is 1.27 bits per heavy atom. The summed E-state index contributed by atoms with van der Waals surface area (Å²) in [6.45, 7) is 2.14. The van der Waals surface area contributed by atoms with Gasteiger partial charge in [-0.05, 0) is 56.1 Å². The highest BCUT2D eigenvalue weighted by molar-refractivity contribution is 5.61. The van der Waals surface area contributed by atoms with Gasteiger partial charge in [-0.25, -0.2) is 0 Å². The van der Waals surface area contributed by atoms with Crippen LogP contribution in [0.25, 0.3) is 0 Å². The molecule has 6 rings (SSSR count). The van der Waals surface area contributed by atoms with Gasteiger partial charge in [-0.15, -0.1) is 0 Å². The molecule has 0 saturated heterocycles. The number of benzene rings is 1. The lowest BCUT2D eigenvalue weighted by Gasteiger charge is -2.53. The summed E-state index contributed by atoms with van der Waals surface area (Å²) in [5.41, 5.74) is 4.25. The molecule has 4 fully saturated rings. The number of hydrogen-bond donors (Lipinski definition) is 0. The summed E-state index contributed by atoms with van der Waals surface area (Å²) >= 11 is 0. The molecule has 138 valence electrons. The first-order chi connectivity index (χ1) is 12.1. The molecule has 0 spiro atoms. The lowest BCUT2D eigenvalue weighted by molar-refractivity contribution is -0.776. The van der Waals surface area contributed by atoms with Crippen LogP contribution in [0.5, 0.6) is 0 Å². The second-order valence-corrected chi connectivity index (χ2v) is 9.00. The first kappa shape index (κ1) is 18.0. The number of hydrogen-bond acceptors (Lipinski definition) is 1. The van der Waals surface area contributed by atoms with Gasteiger partial charge >= 0.3 is 0 Å². The molecular formula is C23H29BrN2. The number of pyridine rings is 1. The molecule has 26 heavy (non-hydrogen) atoms. The molecule has 1 heterocycles. The van der Waals surface area contributed by atoms with Crippen LogP contribution in [0.1, 0.15) is 44.1 Å². The molecule has 1 aromatic carbocycles. The summed E-state index contributed by atoms with van der Waals surface area (Å²) in [6, 6.07) is 13.4. The van der Waals surface area contributed by atoms with Crippen molar-refractivity contribution >= 4 is 11.4 Å². The van der Waals surface area contributed by atoms with Crippen molar-refractivity contribution in [3.05, 3.63) is 54.4 Å². The van der Waals surface area contributed by atoms with Gasteiger partial charge in [-0.1, -0.05) is 17.7 Å². The minimum absolute atomic E-state index is 0. The van der Waals surface area contributed by atoms with Crippen molar-refractivity contribution in [3.63, 3.8) is 0 Å². The van der Waals surface area contributed by atoms with E-state index >= 15 is 0 Å². The molecule has 4 aliphatic carbocycles. The highest BCUT2D eigenvalue weighted by Crippen LogP contribution is 2.56. The average molecular weight is 413 g/mol. The van der Waals surface area contributed by atoms with Crippen LogP contribution >= 0.6 is 0 Å². The van der Waals surface area contributed by atoms with E-state index in [1.165, 1.54) is 55.5 Å². The molecule has 3 heteroatoms. The largest absolute Gasteiger partial charge is 1.00 e. The third-order valence-corrected chi connectivity index (χ3v) is 7.17. The maximum atomic E-state index is 2.57. The van der Waals surface area contributed by atoms with E-state index in [1.54, 1.807) is 0 Å². The van der Waals surface area contributed by atoms with E-state index in [9.17, 15) is 0 Å². The van der Waals surface area contributed by atoms with E-state index < -0.39 is 0 Å². The molecule has 0 unspecified atom stereocenters. The predicted octanol–water partition coefficient (Wildman–Crippen LogP) is 1.98. The summed E-state index contributed by atoms with van der Waals surface area (Å²) in [7, 11) is 2.16. The fourth-order valence-electron chi connectivity index (χ4n) is 6.26. The zero-order valence-electron chi connectivity index (χ0n) is 15.9. The lowest BCUT2D eigenvalue weighted by atomic mass is 9.53. The fraction of sp³-hybridized carbons (Fsp3) is 0.522. The van der Waals surface area contributed by atoms with Crippen LogP contribution in [0.3, 0.4) is 0 Å². The molecule has 4 bridgehead atoms. The van der Waals surface area contributed by atoms with Crippen molar-refractivity contribution in [2.75, 3.05) is 11.9 Å². The van der Waals surface area contributed by atoms with Crippen molar-refractivity contribution in [1.82, 2.24) is 0 Å². The number of aromatic nitrogens is 1. The number of nitrogens with zero attached hydrogens (tertiary/aromatic N) is 2.